The number of hydrogen-bond acceptors (Lipinski definition) is 3. The van der Waals surface area contributed by atoms with Gasteiger partial charge in [0.15, 0.2) is 0 Å². The van der Waals surface area contributed by atoms with Crippen LogP contribution in [0.3, 0.4) is 0 Å². The van der Waals surface area contributed by atoms with E-state index in [9.17, 15) is 9.90 Å². The van der Waals surface area contributed by atoms with Crippen molar-refractivity contribution in [2.75, 3.05) is 7.11 Å². The predicted octanol–water partition coefficient (Wildman–Crippen LogP) is 3.94. The summed E-state index contributed by atoms with van der Waals surface area (Å²) in [7, 11) is 1.44. The van der Waals surface area contributed by atoms with Crippen LogP contribution in [-0.4, -0.2) is 18.2 Å². The molecule has 1 N–H and O–H groups in total. The molecule has 0 amide bonds. The number of methoxy groups -OCH3 is 1. The monoisotopic (exact) mass is 284 g/mol. The normalized spacial score (nSPS) is 11.5. The Hall–Kier alpha value is -2.75. The average Bonchev–Trinajstić information content (AvgIpc) is 2.49. The lowest BCUT2D eigenvalue weighted by molar-refractivity contribution is -0.130. The molecule has 0 aromatic heterocycles. The molecule has 0 aliphatic carbocycles. The number of para-hydroxylation sites is 2. The van der Waals surface area contributed by atoms with Crippen LogP contribution in [0, 0.1) is 0 Å². The maximum atomic E-state index is 11.5. The zero-order chi connectivity index (χ0) is 15.2. The van der Waals surface area contributed by atoms with E-state index >= 15 is 0 Å². The molecule has 2 aromatic carbocycles. The highest BCUT2D eigenvalue weighted by Crippen LogP contribution is 2.32. The van der Waals surface area contributed by atoms with Gasteiger partial charge in [-0.2, -0.15) is 0 Å². The Balaban J connectivity index is 2.48. The Morgan fingerprint density at radius 1 is 1.00 bits per heavy atom. The van der Waals surface area contributed by atoms with Crippen molar-refractivity contribution in [2.24, 2.45) is 0 Å². The van der Waals surface area contributed by atoms with Crippen molar-refractivity contribution in [3.63, 3.8) is 0 Å². The summed E-state index contributed by atoms with van der Waals surface area (Å²) in [5.74, 6) is 0.382. The number of hydrogen-bond donors (Lipinski definition) is 1. The van der Waals surface area contributed by atoms with E-state index in [0.717, 1.165) is 0 Å². The van der Waals surface area contributed by atoms with E-state index in [2.05, 4.69) is 0 Å². The number of rotatable bonds is 5. The number of carboxylic acids is 1. The molecule has 21 heavy (non-hydrogen) atoms. The van der Waals surface area contributed by atoms with E-state index in [1.54, 1.807) is 31.2 Å². The first-order chi connectivity index (χ1) is 10.1. The number of carbonyl (C=O) groups is 1. The molecule has 2 aromatic rings. The quantitative estimate of drug-likeness (QED) is 0.667. The van der Waals surface area contributed by atoms with Crippen LogP contribution < -0.4 is 4.74 Å². The van der Waals surface area contributed by atoms with Gasteiger partial charge in [0.25, 0.3) is 0 Å². The van der Waals surface area contributed by atoms with Gasteiger partial charge in [0, 0.05) is 5.56 Å². The molecule has 0 atom stereocenters. The van der Waals surface area contributed by atoms with E-state index in [4.69, 9.17) is 9.47 Å². The second-order valence-electron chi connectivity index (χ2n) is 4.35. The van der Waals surface area contributed by atoms with E-state index < -0.39 is 5.97 Å². The van der Waals surface area contributed by atoms with E-state index in [1.165, 1.54) is 7.11 Å². The zero-order valence-electron chi connectivity index (χ0n) is 11.9. The van der Waals surface area contributed by atoms with Crippen LogP contribution in [0.25, 0.3) is 5.57 Å². The Morgan fingerprint density at radius 2 is 1.62 bits per heavy atom. The highest BCUT2D eigenvalue weighted by atomic mass is 16.5. The van der Waals surface area contributed by atoms with Crippen LogP contribution in [0.1, 0.15) is 12.5 Å². The second kappa shape index (κ2) is 6.61. The van der Waals surface area contributed by atoms with Crippen molar-refractivity contribution < 1.29 is 19.4 Å². The summed E-state index contributed by atoms with van der Waals surface area (Å²) in [4.78, 5) is 11.5. The van der Waals surface area contributed by atoms with E-state index in [1.807, 2.05) is 30.3 Å². The van der Waals surface area contributed by atoms with Crippen LogP contribution >= 0.6 is 0 Å². The summed E-state index contributed by atoms with van der Waals surface area (Å²) in [5, 5.41) is 9.43. The SMILES string of the molecule is CO/C(C)=C(/C(=O)O)c1ccccc1Oc1ccccc1. The lowest BCUT2D eigenvalue weighted by Crippen LogP contribution is -2.05. The summed E-state index contributed by atoms with van der Waals surface area (Å²) >= 11 is 0. The van der Waals surface area contributed by atoms with Crippen LogP contribution in [0.4, 0.5) is 0 Å². The molecule has 4 heteroatoms. The molecule has 0 spiro atoms. The first-order valence-electron chi connectivity index (χ1n) is 6.44. The van der Waals surface area contributed by atoms with Gasteiger partial charge in [-0.15, -0.1) is 0 Å². The Bertz CT molecular complexity index is 660. The lowest BCUT2D eigenvalue weighted by atomic mass is 10.0. The fraction of sp³-hybridized carbons (Fsp3) is 0.118. The molecule has 2 rings (SSSR count). The van der Waals surface area contributed by atoms with Gasteiger partial charge in [-0.05, 0) is 25.1 Å². The third-order valence-corrected chi connectivity index (χ3v) is 3.00. The van der Waals surface area contributed by atoms with Crippen molar-refractivity contribution >= 4 is 11.5 Å². The average molecular weight is 284 g/mol. The van der Waals surface area contributed by atoms with Gasteiger partial charge < -0.3 is 14.6 Å². The molecule has 0 saturated carbocycles. The Labute approximate surface area is 123 Å². The molecule has 0 heterocycles. The lowest BCUT2D eigenvalue weighted by Gasteiger charge is -2.13. The first-order valence-corrected chi connectivity index (χ1v) is 6.44. The summed E-state index contributed by atoms with van der Waals surface area (Å²) < 4.78 is 10.9. The summed E-state index contributed by atoms with van der Waals surface area (Å²) in [6.45, 7) is 1.61. The highest BCUT2D eigenvalue weighted by molar-refractivity contribution is 6.16. The van der Waals surface area contributed by atoms with E-state index in [-0.39, 0.29) is 5.57 Å². The van der Waals surface area contributed by atoms with Crippen molar-refractivity contribution in [3.05, 3.63) is 65.9 Å². The number of allylic oxidation sites excluding steroid dienone is 1. The highest BCUT2D eigenvalue weighted by Gasteiger charge is 2.19. The fourth-order valence-electron chi connectivity index (χ4n) is 1.94. The molecular weight excluding hydrogens is 268 g/mol. The van der Waals surface area contributed by atoms with Gasteiger partial charge in [0.1, 0.15) is 22.8 Å². The molecule has 0 radical (unpaired) electrons. The minimum Gasteiger partial charge on any atom is -0.500 e. The van der Waals surface area contributed by atoms with Gasteiger partial charge in [0.2, 0.25) is 0 Å². The molecule has 4 nitrogen and oxygen atoms in total. The van der Waals surface area contributed by atoms with Crippen LogP contribution in [0.15, 0.2) is 60.4 Å². The molecule has 0 bridgehead atoms. The zero-order valence-corrected chi connectivity index (χ0v) is 11.9. The van der Waals surface area contributed by atoms with Crippen LogP contribution in [0.5, 0.6) is 11.5 Å². The first kappa shape index (κ1) is 14.7. The molecule has 0 unspecified atom stereocenters. The van der Waals surface area contributed by atoms with Gasteiger partial charge in [-0.3, -0.25) is 0 Å². The maximum absolute atomic E-state index is 11.5. The topological polar surface area (TPSA) is 55.8 Å². The van der Waals surface area contributed by atoms with E-state index in [0.29, 0.717) is 22.8 Å². The largest absolute Gasteiger partial charge is 0.500 e. The third kappa shape index (κ3) is 3.42. The number of benzene rings is 2. The van der Waals surface area contributed by atoms with Crippen molar-refractivity contribution in [1.82, 2.24) is 0 Å². The standard InChI is InChI=1S/C17H16O4/c1-12(20-2)16(17(18)19)14-10-6-7-11-15(14)21-13-8-4-3-5-9-13/h3-11H,1-2H3,(H,18,19)/b16-12+. The summed E-state index contributed by atoms with van der Waals surface area (Å²) in [6, 6.07) is 16.2. The van der Waals surface area contributed by atoms with Gasteiger partial charge in [0.05, 0.1) is 7.11 Å². The molecule has 0 aliphatic heterocycles. The van der Waals surface area contributed by atoms with Crippen molar-refractivity contribution in [1.29, 1.82) is 0 Å². The number of ether oxygens (including phenoxy) is 2. The Kier molecular flexibility index (Phi) is 4.61. The number of carboxylic acid groups (broad SMARTS) is 1. The van der Waals surface area contributed by atoms with Gasteiger partial charge >= 0.3 is 5.97 Å². The van der Waals surface area contributed by atoms with Crippen LogP contribution in [-0.2, 0) is 9.53 Å². The molecule has 0 aliphatic rings. The summed E-state index contributed by atoms with van der Waals surface area (Å²) in [5.41, 5.74) is 0.567. The minimum atomic E-state index is -1.06. The summed E-state index contributed by atoms with van der Waals surface area (Å²) in [6.07, 6.45) is 0. The fourth-order valence-corrected chi connectivity index (χ4v) is 1.94. The minimum absolute atomic E-state index is 0.0871. The molecule has 0 saturated heterocycles. The van der Waals surface area contributed by atoms with Gasteiger partial charge in [-0.25, -0.2) is 4.79 Å². The Morgan fingerprint density at radius 3 is 2.24 bits per heavy atom. The second-order valence-corrected chi connectivity index (χ2v) is 4.35. The smallest absolute Gasteiger partial charge is 0.339 e. The molecule has 108 valence electrons. The predicted molar refractivity (Wildman–Crippen MR) is 80.2 cm³/mol. The molecular formula is C17H16O4. The van der Waals surface area contributed by atoms with Crippen LogP contribution in [0.2, 0.25) is 0 Å². The molecule has 0 fully saturated rings. The third-order valence-electron chi connectivity index (χ3n) is 3.00. The maximum Gasteiger partial charge on any atom is 0.339 e. The van der Waals surface area contributed by atoms with Crippen molar-refractivity contribution in [3.8, 4) is 11.5 Å². The number of aliphatic carboxylic acids is 1. The van der Waals surface area contributed by atoms with Crippen molar-refractivity contribution in [2.45, 2.75) is 6.92 Å². The van der Waals surface area contributed by atoms with Gasteiger partial charge in [-0.1, -0.05) is 36.4 Å².